The minimum absolute atomic E-state index is 0.0653. The minimum atomic E-state index is -0.652. The van der Waals surface area contributed by atoms with E-state index in [4.69, 9.17) is 4.74 Å². The van der Waals surface area contributed by atoms with Crippen LogP contribution in [-0.4, -0.2) is 53.0 Å². The molecule has 1 saturated heterocycles. The molecule has 0 saturated carbocycles. The summed E-state index contributed by atoms with van der Waals surface area (Å²) in [5, 5.41) is 8.26. The van der Waals surface area contributed by atoms with E-state index in [1.165, 1.54) is 11.3 Å². The van der Waals surface area contributed by atoms with E-state index in [1.807, 2.05) is 44.4 Å². The molecule has 3 atom stereocenters. The van der Waals surface area contributed by atoms with Crippen molar-refractivity contribution in [2.24, 2.45) is 5.92 Å². The van der Waals surface area contributed by atoms with Crippen LogP contribution >= 0.6 is 11.3 Å². The fraction of sp³-hybridized carbons (Fsp3) is 0.522. The number of anilines is 1. The smallest absolute Gasteiger partial charge is 0.251 e. The number of ether oxygens (including phenoxy) is 1. The largest absolute Gasteiger partial charge is 0.373 e. The summed E-state index contributed by atoms with van der Waals surface area (Å²) >= 11 is 1.40. The van der Waals surface area contributed by atoms with Crippen molar-refractivity contribution in [1.82, 2.24) is 15.2 Å². The Hall–Kier alpha value is -2.29. The topological polar surface area (TPSA) is 83.6 Å². The van der Waals surface area contributed by atoms with Crippen LogP contribution in [0.3, 0.4) is 0 Å². The van der Waals surface area contributed by atoms with E-state index in [0.29, 0.717) is 10.7 Å². The fourth-order valence-electron chi connectivity index (χ4n) is 3.81. The molecule has 8 heteroatoms. The van der Waals surface area contributed by atoms with Crippen LogP contribution in [0.25, 0.3) is 0 Å². The molecule has 3 unspecified atom stereocenters. The highest BCUT2D eigenvalue weighted by atomic mass is 32.1. The van der Waals surface area contributed by atoms with Crippen molar-refractivity contribution in [3.63, 3.8) is 0 Å². The van der Waals surface area contributed by atoms with Gasteiger partial charge in [0.05, 0.1) is 17.9 Å². The van der Waals surface area contributed by atoms with Crippen molar-refractivity contribution >= 4 is 28.3 Å². The van der Waals surface area contributed by atoms with Gasteiger partial charge in [-0.2, -0.15) is 0 Å². The number of carbonyl (C=O) groups is 2. The molecule has 0 radical (unpaired) electrons. The van der Waals surface area contributed by atoms with Crippen LogP contribution in [0.5, 0.6) is 0 Å². The Labute approximate surface area is 188 Å². The van der Waals surface area contributed by atoms with Crippen LogP contribution in [0.2, 0.25) is 0 Å². The number of benzene rings is 1. The molecule has 0 aliphatic carbocycles. The first-order chi connectivity index (χ1) is 14.7. The average Bonchev–Trinajstić information content (AvgIpc) is 3.11. The second-order valence-electron chi connectivity index (χ2n) is 8.65. The van der Waals surface area contributed by atoms with Gasteiger partial charge in [0.1, 0.15) is 6.04 Å². The van der Waals surface area contributed by atoms with Gasteiger partial charge in [-0.15, -0.1) is 11.3 Å². The molecule has 1 fully saturated rings. The maximum absolute atomic E-state index is 12.9. The second kappa shape index (κ2) is 10.3. The molecule has 2 heterocycles. The van der Waals surface area contributed by atoms with Crippen molar-refractivity contribution in [1.29, 1.82) is 0 Å². The predicted octanol–water partition coefficient (Wildman–Crippen LogP) is 3.45. The van der Waals surface area contributed by atoms with Crippen LogP contribution in [0.15, 0.2) is 29.6 Å². The summed E-state index contributed by atoms with van der Waals surface area (Å²) in [7, 11) is 0. The Kier molecular flexibility index (Phi) is 7.80. The van der Waals surface area contributed by atoms with Gasteiger partial charge >= 0.3 is 0 Å². The SMILES string of the molecule is Cc1cccc(C(=O)NC(C(=O)Nc2nc(CN3CC(C)OC(C)C3)cs2)C(C)C)c1. The molecule has 0 bridgehead atoms. The first kappa shape index (κ1) is 23.4. The third kappa shape index (κ3) is 6.59. The molecule has 1 aliphatic rings. The summed E-state index contributed by atoms with van der Waals surface area (Å²) < 4.78 is 5.78. The van der Waals surface area contributed by atoms with E-state index in [2.05, 4.69) is 34.4 Å². The van der Waals surface area contributed by atoms with Crippen molar-refractivity contribution in [2.75, 3.05) is 18.4 Å². The van der Waals surface area contributed by atoms with Crippen molar-refractivity contribution in [2.45, 2.75) is 59.4 Å². The van der Waals surface area contributed by atoms with E-state index in [1.54, 1.807) is 6.07 Å². The van der Waals surface area contributed by atoms with Gasteiger partial charge in [0.25, 0.3) is 5.91 Å². The van der Waals surface area contributed by atoms with Gasteiger partial charge in [-0.1, -0.05) is 31.5 Å². The molecule has 2 amide bonds. The lowest BCUT2D eigenvalue weighted by Gasteiger charge is -2.34. The molecule has 168 valence electrons. The Balaban J connectivity index is 1.60. The Bertz CT molecular complexity index is 904. The number of hydrogen-bond acceptors (Lipinski definition) is 6. The number of morpholine rings is 1. The van der Waals surface area contributed by atoms with Gasteiger partial charge in [0.15, 0.2) is 5.13 Å². The molecule has 7 nitrogen and oxygen atoms in total. The molecule has 1 aromatic heterocycles. The third-order valence-electron chi connectivity index (χ3n) is 5.18. The standard InChI is InChI=1S/C23H32N4O3S/c1-14(2)20(25-21(28)18-8-6-7-15(3)9-18)22(29)26-23-24-19(13-31-23)12-27-10-16(4)30-17(5)11-27/h6-9,13-14,16-17,20H,10-12H2,1-5H3,(H,25,28)(H,24,26,29). The number of amides is 2. The zero-order valence-electron chi connectivity index (χ0n) is 18.8. The maximum Gasteiger partial charge on any atom is 0.251 e. The summed E-state index contributed by atoms with van der Waals surface area (Å²) in [6.45, 7) is 12.4. The van der Waals surface area contributed by atoms with E-state index < -0.39 is 6.04 Å². The molecule has 1 aromatic carbocycles. The van der Waals surface area contributed by atoms with E-state index in [-0.39, 0.29) is 29.9 Å². The normalized spacial score (nSPS) is 20.5. The number of hydrogen-bond donors (Lipinski definition) is 2. The molecule has 2 N–H and O–H groups in total. The molecule has 3 rings (SSSR count). The van der Waals surface area contributed by atoms with Gasteiger partial charge in [0.2, 0.25) is 5.91 Å². The summed E-state index contributed by atoms with van der Waals surface area (Å²) in [5.41, 5.74) is 2.47. The van der Waals surface area contributed by atoms with E-state index in [9.17, 15) is 9.59 Å². The van der Waals surface area contributed by atoms with Crippen LogP contribution < -0.4 is 10.6 Å². The first-order valence-corrected chi connectivity index (χ1v) is 11.6. The van der Waals surface area contributed by atoms with Gasteiger partial charge in [0, 0.05) is 30.6 Å². The Morgan fingerprint density at radius 3 is 2.61 bits per heavy atom. The molecule has 31 heavy (non-hydrogen) atoms. The number of nitrogens with zero attached hydrogens (tertiary/aromatic N) is 2. The van der Waals surface area contributed by atoms with Gasteiger partial charge in [-0.05, 0) is 38.8 Å². The molecular formula is C23H32N4O3S. The predicted molar refractivity (Wildman–Crippen MR) is 123 cm³/mol. The summed E-state index contributed by atoms with van der Waals surface area (Å²) in [5.74, 6) is -0.581. The zero-order valence-corrected chi connectivity index (χ0v) is 19.7. The molecule has 1 aliphatic heterocycles. The van der Waals surface area contributed by atoms with Crippen LogP contribution in [-0.2, 0) is 16.1 Å². The molecule has 2 aromatic rings. The van der Waals surface area contributed by atoms with Gasteiger partial charge in [-0.3, -0.25) is 14.5 Å². The lowest BCUT2D eigenvalue weighted by molar-refractivity contribution is -0.118. The Morgan fingerprint density at radius 1 is 1.26 bits per heavy atom. The van der Waals surface area contributed by atoms with Gasteiger partial charge < -0.3 is 15.4 Å². The lowest BCUT2D eigenvalue weighted by Crippen LogP contribution is -2.47. The summed E-state index contributed by atoms with van der Waals surface area (Å²) in [6, 6.07) is 6.67. The maximum atomic E-state index is 12.9. The summed E-state index contributed by atoms with van der Waals surface area (Å²) in [4.78, 5) is 32.4. The van der Waals surface area contributed by atoms with Crippen molar-refractivity contribution in [3.05, 3.63) is 46.5 Å². The number of aryl methyl sites for hydroxylation is 1. The third-order valence-corrected chi connectivity index (χ3v) is 5.99. The lowest BCUT2D eigenvalue weighted by atomic mass is 10.0. The second-order valence-corrected chi connectivity index (χ2v) is 9.51. The Morgan fingerprint density at radius 2 is 1.97 bits per heavy atom. The highest BCUT2D eigenvalue weighted by Crippen LogP contribution is 2.20. The minimum Gasteiger partial charge on any atom is -0.373 e. The van der Waals surface area contributed by atoms with Crippen LogP contribution in [0.1, 0.15) is 49.3 Å². The fourth-order valence-corrected chi connectivity index (χ4v) is 4.51. The van der Waals surface area contributed by atoms with Gasteiger partial charge in [-0.25, -0.2) is 4.98 Å². The molecular weight excluding hydrogens is 412 g/mol. The van der Waals surface area contributed by atoms with Crippen molar-refractivity contribution in [3.8, 4) is 0 Å². The average molecular weight is 445 g/mol. The monoisotopic (exact) mass is 444 g/mol. The number of rotatable bonds is 7. The van der Waals surface area contributed by atoms with Crippen LogP contribution in [0, 0.1) is 12.8 Å². The van der Waals surface area contributed by atoms with E-state index in [0.717, 1.165) is 30.9 Å². The molecule has 0 spiro atoms. The van der Waals surface area contributed by atoms with Crippen molar-refractivity contribution < 1.29 is 14.3 Å². The number of aromatic nitrogens is 1. The first-order valence-electron chi connectivity index (χ1n) is 10.7. The number of carbonyl (C=O) groups excluding carboxylic acids is 2. The quantitative estimate of drug-likeness (QED) is 0.683. The summed E-state index contributed by atoms with van der Waals surface area (Å²) in [6.07, 6.45) is 0.399. The number of nitrogens with one attached hydrogen (secondary N) is 2. The number of thiazole rings is 1. The van der Waals surface area contributed by atoms with Crippen LogP contribution in [0.4, 0.5) is 5.13 Å². The highest BCUT2D eigenvalue weighted by Gasteiger charge is 2.26. The highest BCUT2D eigenvalue weighted by molar-refractivity contribution is 7.13. The zero-order chi connectivity index (χ0) is 22.5. The van der Waals surface area contributed by atoms with E-state index >= 15 is 0 Å².